The average Bonchev–Trinajstić information content (AvgIpc) is 3.26. The van der Waals surface area contributed by atoms with Gasteiger partial charge in [0.15, 0.2) is 16.7 Å². The van der Waals surface area contributed by atoms with Crippen LogP contribution < -0.4 is 19.5 Å². The molecule has 1 N–H and O–H groups in total. The molecule has 1 aliphatic rings. The normalized spacial score (nSPS) is 15.3. The van der Waals surface area contributed by atoms with Gasteiger partial charge in [-0.3, -0.25) is 4.79 Å². The maximum absolute atomic E-state index is 12.5. The number of amides is 1. The third-order valence-electron chi connectivity index (χ3n) is 5.70. The van der Waals surface area contributed by atoms with Crippen LogP contribution in [0.3, 0.4) is 0 Å². The highest BCUT2D eigenvalue weighted by molar-refractivity contribution is 8.18. The van der Waals surface area contributed by atoms with Crippen molar-refractivity contribution in [1.29, 1.82) is 0 Å². The summed E-state index contributed by atoms with van der Waals surface area (Å²) < 4.78 is 16.8. The quantitative estimate of drug-likeness (QED) is 0.261. The van der Waals surface area contributed by atoms with E-state index in [0.29, 0.717) is 44.5 Å². The van der Waals surface area contributed by atoms with Gasteiger partial charge >= 0.3 is 0 Å². The van der Waals surface area contributed by atoms with Crippen molar-refractivity contribution < 1.29 is 19.0 Å². The molecule has 0 radical (unpaired) electrons. The number of rotatable bonds is 7. The summed E-state index contributed by atoms with van der Waals surface area (Å²) in [6.45, 7) is 0.338. The van der Waals surface area contributed by atoms with Crippen molar-refractivity contribution in [3.63, 3.8) is 0 Å². The van der Waals surface area contributed by atoms with E-state index in [0.717, 1.165) is 16.7 Å². The minimum atomic E-state index is -0.232. The van der Waals surface area contributed by atoms with Crippen molar-refractivity contribution in [2.75, 3.05) is 14.2 Å². The molecule has 8 heteroatoms. The average molecular weight is 531 g/mol. The summed E-state index contributed by atoms with van der Waals surface area (Å²) in [4.78, 5) is 17.5. The Hall–Kier alpha value is -3.94. The van der Waals surface area contributed by atoms with Crippen LogP contribution in [0.2, 0.25) is 5.02 Å². The van der Waals surface area contributed by atoms with E-state index in [1.807, 2.05) is 42.5 Å². The van der Waals surface area contributed by atoms with Crippen LogP contribution in [0.4, 0.5) is 5.69 Å². The Morgan fingerprint density at radius 1 is 0.946 bits per heavy atom. The molecule has 1 aliphatic heterocycles. The Kier molecular flexibility index (Phi) is 7.35. The molecule has 1 amide bonds. The lowest BCUT2D eigenvalue weighted by Crippen LogP contribution is -2.19. The van der Waals surface area contributed by atoms with Gasteiger partial charge in [0, 0.05) is 0 Å². The number of methoxy groups -OCH3 is 2. The number of carbonyl (C=O) groups is 1. The molecule has 0 aliphatic carbocycles. The monoisotopic (exact) mass is 530 g/mol. The van der Waals surface area contributed by atoms with Gasteiger partial charge in [-0.15, -0.1) is 0 Å². The van der Waals surface area contributed by atoms with Crippen LogP contribution in [0.25, 0.3) is 16.8 Å². The Labute approximate surface area is 223 Å². The Balaban J connectivity index is 1.33. The highest BCUT2D eigenvalue weighted by Gasteiger charge is 2.24. The second kappa shape index (κ2) is 11.0. The van der Waals surface area contributed by atoms with Gasteiger partial charge in [-0.1, -0.05) is 48.0 Å². The number of ether oxygens (including phenoxy) is 3. The van der Waals surface area contributed by atoms with E-state index in [-0.39, 0.29) is 5.91 Å². The van der Waals surface area contributed by atoms with Crippen LogP contribution in [0.1, 0.15) is 11.1 Å². The number of hydrogen-bond acceptors (Lipinski definition) is 6. The molecular formula is C29H23ClN2O4S. The molecule has 0 spiro atoms. The lowest BCUT2D eigenvalue weighted by atomic mass is 10.1. The van der Waals surface area contributed by atoms with E-state index in [2.05, 4.69) is 34.6 Å². The fourth-order valence-corrected chi connectivity index (χ4v) is 4.97. The number of amidine groups is 1. The largest absolute Gasteiger partial charge is 0.497 e. The van der Waals surface area contributed by atoms with Gasteiger partial charge in [0.2, 0.25) is 0 Å². The smallest absolute Gasteiger partial charge is 0.264 e. The van der Waals surface area contributed by atoms with Crippen molar-refractivity contribution >= 4 is 57.0 Å². The van der Waals surface area contributed by atoms with Crippen LogP contribution >= 0.6 is 23.4 Å². The van der Waals surface area contributed by atoms with Crippen LogP contribution in [0.15, 0.2) is 88.8 Å². The zero-order chi connectivity index (χ0) is 25.8. The molecule has 0 bridgehead atoms. The van der Waals surface area contributed by atoms with Crippen molar-refractivity contribution in [2.24, 2.45) is 4.99 Å². The van der Waals surface area contributed by atoms with Gasteiger partial charge in [0.25, 0.3) is 5.91 Å². The highest BCUT2D eigenvalue weighted by Crippen LogP contribution is 2.38. The molecule has 0 atom stereocenters. The van der Waals surface area contributed by atoms with Gasteiger partial charge in [-0.25, -0.2) is 4.99 Å². The molecule has 186 valence electrons. The first kappa shape index (κ1) is 24.7. The molecule has 5 rings (SSSR count). The molecule has 6 nitrogen and oxygen atoms in total. The molecule has 0 aromatic heterocycles. The summed E-state index contributed by atoms with van der Waals surface area (Å²) in [7, 11) is 3.16. The van der Waals surface area contributed by atoms with Gasteiger partial charge in [-0.05, 0) is 82.2 Å². The molecule has 1 fully saturated rings. The van der Waals surface area contributed by atoms with Crippen molar-refractivity contribution in [2.45, 2.75) is 6.61 Å². The first-order chi connectivity index (χ1) is 18.0. The second-order valence-corrected chi connectivity index (χ2v) is 9.62. The molecular weight excluding hydrogens is 508 g/mol. The van der Waals surface area contributed by atoms with Gasteiger partial charge < -0.3 is 19.5 Å². The van der Waals surface area contributed by atoms with E-state index in [1.165, 1.54) is 17.1 Å². The number of aliphatic imine (C=N–C) groups is 1. The number of halogens is 1. The minimum Gasteiger partial charge on any atom is -0.497 e. The molecule has 4 aromatic carbocycles. The highest BCUT2D eigenvalue weighted by atomic mass is 35.5. The summed E-state index contributed by atoms with van der Waals surface area (Å²) in [5.74, 6) is 1.44. The summed E-state index contributed by atoms with van der Waals surface area (Å²) in [6, 6.07) is 25.2. The van der Waals surface area contributed by atoms with Crippen molar-refractivity contribution in [3.8, 4) is 17.2 Å². The number of benzene rings is 4. The van der Waals surface area contributed by atoms with Crippen LogP contribution in [-0.4, -0.2) is 25.3 Å². The first-order valence-electron chi connectivity index (χ1n) is 11.4. The minimum absolute atomic E-state index is 0.232. The number of thioether (sulfide) groups is 1. The molecule has 4 aromatic rings. The van der Waals surface area contributed by atoms with E-state index in [9.17, 15) is 4.79 Å². The van der Waals surface area contributed by atoms with E-state index >= 15 is 0 Å². The number of fused-ring (bicyclic) bond motifs is 1. The third kappa shape index (κ3) is 5.74. The number of carbonyl (C=O) groups excluding carboxylic acids is 1. The summed E-state index contributed by atoms with van der Waals surface area (Å²) in [5.41, 5.74) is 2.44. The summed E-state index contributed by atoms with van der Waals surface area (Å²) >= 11 is 7.84. The van der Waals surface area contributed by atoms with E-state index < -0.39 is 0 Å². The van der Waals surface area contributed by atoms with Gasteiger partial charge in [0.05, 0.1) is 29.8 Å². The molecule has 0 unspecified atom stereocenters. The van der Waals surface area contributed by atoms with Crippen LogP contribution in [0, 0.1) is 0 Å². The van der Waals surface area contributed by atoms with E-state index in [4.69, 9.17) is 25.8 Å². The standard InChI is InChI=1S/C29H23ClN2O4S/c1-34-23-11-9-22(10-12-23)31-29-32-28(33)26(37-29)16-19-14-24(30)27(25(15-19)35-2)36-17-18-7-8-20-5-3-4-6-21(20)13-18/h3-16H,17H2,1-2H3,(H,31,32,33)/b26-16+. The Morgan fingerprint density at radius 3 is 2.49 bits per heavy atom. The molecule has 0 saturated carbocycles. The molecule has 1 saturated heterocycles. The summed E-state index contributed by atoms with van der Waals surface area (Å²) in [6.07, 6.45) is 1.75. The zero-order valence-corrected chi connectivity index (χ0v) is 21.7. The maximum Gasteiger partial charge on any atom is 0.264 e. The second-order valence-electron chi connectivity index (χ2n) is 8.18. The Bertz CT molecular complexity index is 1530. The maximum atomic E-state index is 12.5. The first-order valence-corrected chi connectivity index (χ1v) is 12.6. The zero-order valence-electron chi connectivity index (χ0n) is 20.2. The van der Waals surface area contributed by atoms with Crippen molar-refractivity contribution in [3.05, 3.63) is 99.9 Å². The fourth-order valence-electron chi connectivity index (χ4n) is 3.85. The topological polar surface area (TPSA) is 69.2 Å². The predicted octanol–water partition coefficient (Wildman–Crippen LogP) is 6.98. The SMILES string of the molecule is COc1ccc(N=C2NC(=O)/C(=C\c3cc(Cl)c(OCc4ccc5ccccc5c4)c(OC)c3)S2)cc1. The van der Waals surface area contributed by atoms with Gasteiger partial charge in [0.1, 0.15) is 12.4 Å². The number of nitrogens with zero attached hydrogens (tertiary/aromatic N) is 1. The van der Waals surface area contributed by atoms with Crippen LogP contribution in [-0.2, 0) is 11.4 Å². The fraction of sp³-hybridized carbons (Fsp3) is 0.103. The molecule has 1 heterocycles. The van der Waals surface area contributed by atoms with Crippen molar-refractivity contribution in [1.82, 2.24) is 5.32 Å². The third-order valence-corrected chi connectivity index (χ3v) is 6.89. The van der Waals surface area contributed by atoms with Gasteiger partial charge in [-0.2, -0.15) is 0 Å². The van der Waals surface area contributed by atoms with E-state index in [1.54, 1.807) is 32.4 Å². The number of nitrogens with one attached hydrogen (secondary N) is 1. The number of hydrogen-bond donors (Lipinski definition) is 1. The Morgan fingerprint density at radius 2 is 1.73 bits per heavy atom. The lowest BCUT2D eigenvalue weighted by Gasteiger charge is -2.14. The molecule has 37 heavy (non-hydrogen) atoms. The summed E-state index contributed by atoms with van der Waals surface area (Å²) in [5, 5.41) is 5.99. The predicted molar refractivity (Wildman–Crippen MR) is 150 cm³/mol. The van der Waals surface area contributed by atoms with Crippen LogP contribution in [0.5, 0.6) is 17.2 Å². The lowest BCUT2D eigenvalue weighted by molar-refractivity contribution is -0.115.